The zero-order chi connectivity index (χ0) is 15.0. The maximum Gasteiger partial charge on any atom is 0.261 e. The van der Waals surface area contributed by atoms with Gasteiger partial charge in [-0.2, -0.15) is 0 Å². The van der Waals surface area contributed by atoms with Crippen molar-refractivity contribution in [1.82, 2.24) is 10.2 Å². The molecule has 1 heterocycles. The lowest BCUT2D eigenvalue weighted by atomic mass is 10.1. The maximum absolute atomic E-state index is 11.9. The summed E-state index contributed by atoms with van der Waals surface area (Å²) in [6, 6.07) is 4.77. The Kier molecular flexibility index (Phi) is 3.47. The molecule has 110 valence electrons. The Morgan fingerprint density at radius 1 is 1.24 bits per heavy atom. The highest BCUT2D eigenvalue weighted by molar-refractivity contribution is 6.21. The Morgan fingerprint density at radius 3 is 2.67 bits per heavy atom. The fourth-order valence-electron chi connectivity index (χ4n) is 2.36. The summed E-state index contributed by atoms with van der Waals surface area (Å²) in [5.41, 5.74) is 1.25. The Labute approximate surface area is 122 Å². The van der Waals surface area contributed by atoms with Crippen LogP contribution in [0.1, 0.15) is 33.6 Å². The minimum Gasteiger partial charge on any atom is -0.325 e. The Hall–Kier alpha value is -2.21. The molecule has 1 aromatic carbocycles. The van der Waals surface area contributed by atoms with Crippen LogP contribution < -0.4 is 10.6 Å². The lowest BCUT2D eigenvalue weighted by molar-refractivity contribution is -0.115. The van der Waals surface area contributed by atoms with Crippen molar-refractivity contribution < 1.29 is 14.4 Å². The van der Waals surface area contributed by atoms with Crippen LogP contribution in [0.2, 0.25) is 0 Å². The zero-order valence-corrected chi connectivity index (χ0v) is 11.8. The van der Waals surface area contributed by atoms with E-state index in [2.05, 4.69) is 10.6 Å². The third-order valence-corrected chi connectivity index (χ3v) is 3.79. The minimum absolute atomic E-state index is 0.152. The molecule has 0 unspecified atom stereocenters. The first-order chi connectivity index (χ1) is 10.1. The first kappa shape index (κ1) is 13.8. The largest absolute Gasteiger partial charge is 0.325 e. The number of hydrogen-bond acceptors (Lipinski definition) is 4. The predicted molar refractivity (Wildman–Crippen MR) is 77.1 cm³/mol. The first-order valence-corrected chi connectivity index (χ1v) is 7.03. The van der Waals surface area contributed by atoms with Gasteiger partial charge in [-0.05, 0) is 43.5 Å². The van der Waals surface area contributed by atoms with Gasteiger partial charge in [0.1, 0.15) is 0 Å². The van der Waals surface area contributed by atoms with Gasteiger partial charge in [0.05, 0.1) is 17.7 Å². The van der Waals surface area contributed by atoms with Crippen LogP contribution in [0.3, 0.4) is 0 Å². The number of benzene rings is 1. The highest BCUT2D eigenvalue weighted by atomic mass is 16.2. The third kappa shape index (κ3) is 2.80. The monoisotopic (exact) mass is 287 g/mol. The first-order valence-electron chi connectivity index (χ1n) is 7.03. The number of imide groups is 1. The number of hydrogen-bond donors (Lipinski definition) is 2. The summed E-state index contributed by atoms with van der Waals surface area (Å²) < 4.78 is 0. The molecule has 3 amide bonds. The van der Waals surface area contributed by atoms with Gasteiger partial charge >= 0.3 is 0 Å². The van der Waals surface area contributed by atoms with Gasteiger partial charge in [-0.25, -0.2) is 0 Å². The summed E-state index contributed by atoms with van der Waals surface area (Å²) in [6.07, 6.45) is 2.48. The third-order valence-electron chi connectivity index (χ3n) is 3.79. The van der Waals surface area contributed by atoms with E-state index in [9.17, 15) is 14.4 Å². The van der Waals surface area contributed by atoms with E-state index in [1.54, 1.807) is 18.2 Å². The van der Waals surface area contributed by atoms with Gasteiger partial charge in [-0.1, -0.05) is 0 Å². The number of rotatable bonds is 5. The number of fused-ring (bicyclic) bond motifs is 1. The van der Waals surface area contributed by atoms with Gasteiger partial charge in [-0.15, -0.1) is 0 Å². The van der Waals surface area contributed by atoms with E-state index in [0.29, 0.717) is 16.8 Å². The molecule has 1 saturated carbocycles. The van der Waals surface area contributed by atoms with Gasteiger partial charge < -0.3 is 10.6 Å². The number of carbonyl (C=O) groups excluding carboxylic acids is 3. The smallest absolute Gasteiger partial charge is 0.261 e. The molecular formula is C15H17N3O3. The van der Waals surface area contributed by atoms with E-state index in [-0.39, 0.29) is 24.3 Å². The summed E-state index contributed by atoms with van der Waals surface area (Å²) in [5, 5.41) is 5.83. The van der Waals surface area contributed by atoms with E-state index >= 15 is 0 Å². The highest BCUT2D eigenvalue weighted by Crippen LogP contribution is 2.27. The average Bonchev–Trinajstić information content (AvgIpc) is 3.25. The molecule has 0 aromatic heterocycles. The van der Waals surface area contributed by atoms with Crippen molar-refractivity contribution in [3.8, 4) is 0 Å². The van der Waals surface area contributed by atoms with Crippen molar-refractivity contribution in [3.05, 3.63) is 29.3 Å². The number of nitrogens with one attached hydrogen (secondary N) is 2. The van der Waals surface area contributed by atoms with E-state index in [1.165, 1.54) is 19.9 Å². The molecule has 2 N–H and O–H groups in total. The summed E-state index contributed by atoms with van der Waals surface area (Å²) in [4.78, 5) is 36.5. The second-order valence-electron chi connectivity index (χ2n) is 5.55. The number of amides is 3. The van der Waals surface area contributed by atoms with Gasteiger partial charge in [-0.3, -0.25) is 19.3 Å². The van der Waals surface area contributed by atoms with Crippen molar-refractivity contribution >= 4 is 23.4 Å². The molecule has 0 saturated heterocycles. The van der Waals surface area contributed by atoms with E-state index in [0.717, 1.165) is 17.4 Å². The van der Waals surface area contributed by atoms with Gasteiger partial charge in [0.2, 0.25) is 5.91 Å². The molecule has 1 fully saturated rings. The fraction of sp³-hybridized carbons (Fsp3) is 0.400. The zero-order valence-electron chi connectivity index (χ0n) is 11.8. The van der Waals surface area contributed by atoms with Crippen molar-refractivity contribution in [2.24, 2.45) is 5.92 Å². The Bertz CT molecular complexity index is 623. The molecule has 6 nitrogen and oxygen atoms in total. The summed E-state index contributed by atoms with van der Waals surface area (Å²) in [6.45, 7) is 1.12. The van der Waals surface area contributed by atoms with Crippen LogP contribution in [0.25, 0.3) is 0 Å². The van der Waals surface area contributed by atoms with Crippen LogP contribution in [0.5, 0.6) is 0 Å². The van der Waals surface area contributed by atoms with Crippen molar-refractivity contribution in [1.29, 1.82) is 0 Å². The van der Waals surface area contributed by atoms with Crippen LogP contribution in [0.15, 0.2) is 18.2 Å². The Balaban J connectivity index is 1.63. The average molecular weight is 287 g/mol. The number of anilines is 1. The molecular weight excluding hydrogens is 270 g/mol. The van der Waals surface area contributed by atoms with Crippen molar-refractivity contribution in [2.75, 3.05) is 25.5 Å². The van der Waals surface area contributed by atoms with Crippen molar-refractivity contribution in [3.63, 3.8) is 0 Å². The van der Waals surface area contributed by atoms with E-state index < -0.39 is 0 Å². The Morgan fingerprint density at radius 2 is 1.95 bits per heavy atom. The van der Waals surface area contributed by atoms with Crippen LogP contribution in [-0.2, 0) is 4.79 Å². The number of nitrogens with zero attached hydrogens (tertiary/aromatic N) is 1. The van der Waals surface area contributed by atoms with Crippen LogP contribution in [0, 0.1) is 5.92 Å². The minimum atomic E-state index is -0.335. The van der Waals surface area contributed by atoms with E-state index in [1.807, 2.05) is 0 Å². The van der Waals surface area contributed by atoms with Crippen LogP contribution in [0.4, 0.5) is 5.69 Å². The number of carbonyl (C=O) groups is 3. The molecule has 1 aromatic rings. The maximum atomic E-state index is 11.9. The van der Waals surface area contributed by atoms with Gasteiger partial charge in [0.25, 0.3) is 11.8 Å². The molecule has 6 heteroatoms. The second-order valence-corrected chi connectivity index (χ2v) is 5.55. The van der Waals surface area contributed by atoms with Crippen LogP contribution in [-0.4, -0.2) is 42.8 Å². The topological polar surface area (TPSA) is 78.5 Å². The molecule has 1 aliphatic carbocycles. The summed E-state index contributed by atoms with van der Waals surface area (Å²) in [5.74, 6) is -0.0744. The van der Waals surface area contributed by atoms with E-state index in [4.69, 9.17) is 0 Å². The summed E-state index contributed by atoms with van der Waals surface area (Å²) >= 11 is 0. The molecule has 1 aliphatic heterocycles. The van der Waals surface area contributed by atoms with Gasteiger partial charge in [0.15, 0.2) is 0 Å². The molecule has 2 aliphatic rings. The standard InChI is InChI=1S/C15H17N3O3/c1-18-14(20)11-5-4-10(6-12(11)15(18)21)17-13(19)8-16-7-9-2-3-9/h4-6,9,16H,2-3,7-8H2,1H3,(H,17,19). The lowest BCUT2D eigenvalue weighted by Crippen LogP contribution is -2.29. The molecule has 3 rings (SSSR count). The highest BCUT2D eigenvalue weighted by Gasteiger charge is 2.32. The fourth-order valence-corrected chi connectivity index (χ4v) is 2.36. The summed E-state index contributed by atoms with van der Waals surface area (Å²) in [7, 11) is 1.45. The predicted octanol–water partition coefficient (Wildman–Crippen LogP) is 0.850. The van der Waals surface area contributed by atoms with Crippen LogP contribution >= 0.6 is 0 Å². The second kappa shape index (κ2) is 5.29. The molecule has 0 spiro atoms. The van der Waals surface area contributed by atoms with Gasteiger partial charge in [0, 0.05) is 12.7 Å². The SMILES string of the molecule is CN1C(=O)c2ccc(NC(=O)CNCC3CC3)cc2C1=O. The molecule has 0 radical (unpaired) electrons. The lowest BCUT2D eigenvalue weighted by Gasteiger charge is -2.07. The molecule has 0 bridgehead atoms. The normalized spacial score (nSPS) is 17.1. The van der Waals surface area contributed by atoms with Crippen molar-refractivity contribution in [2.45, 2.75) is 12.8 Å². The molecule has 0 atom stereocenters. The molecule has 21 heavy (non-hydrogen) atoms. The quantitative estimate of drug-likeness (QED) is 0.787.